The highest BCUT2D eigenvalue weighted by atomic mass is 16.5. The Bertz CT molecular complexity index is 550. The van der Waals surface area contributed by atoms with E-state index in [9.17, 15) is 4.79 Å². The van der Waals surface area contributed by atoms with E-state index in [0.717, 1.165) is 35.7 Å². The van der Waals surface area contributed by atoms with Crippen molar-refractivity contribution in [2.75, 3.05) is 57.5 Å². The predicted molar refractivity (Wildman–Crippen MR) is 82.2 cm³/mol. The van der Waals surface area contributed by atoms with Crippen molar-refractivity contribution in [3.63, 3.8) is 0 Å². The van der Waals surface area contributed by atoms with Crippen molar-refractivity contribution < 1.29 is 19.3 Å². The lowest BCUT2D eigenvalue weighted by Gasteiger charge is -2.29. The second-order valence-electron chi connectivity index (χ2n) is 5.86. The third kappa shape index (κ3) is 3.08. The molecule has 1 aromatic rings. The highest BCUT2D eigenvalue weighted by molar-refractivity contribution is 5.99. The smallest absolute Gasteiger partial charge is 0.288 e. The average molecular weight is 306 g/mol. The Morgan fingerprint density at radius 2 is 1.64 bits per heavy atom. The van der Waals surface area contributed by atoms with Gasteiger partial charge in [0.05, 0.1) is 32.1 Å². The quantitative estimate of drug-likeness (QED) is 0.795. The van der Waals surface area contributed by atoms with E-state index in [2.05, 4.69) is 9.88 Å². The van der Waals surface area contributed by atoms with Gasteiger partial charge in [0.2, 0.25) is 0 Å². The lowest BCUT2D eigenvalue weighted by Crippen LogP contribution is -2.45. The summed E-state index contributed by atoms with van der Waals surface area (Å²) in [6.45, 7) is 9.62. The molecule has 0 aromatic carbocycles. The molecule has 1 amide bonds. The van der Waals surface area contributed by atoms with Gasteiger partial charge in [0.25, 0.3) is 11.7 Å². The number of nitrogens with zero attached hydrogens (tertiary/aromatic N) is 2. The molecule has 0 aliphatic carbocycles. The number of rotatable bonds is 2. The maximum atomic E-state index is 13.0. The third-order valence-corrected chi connectivity index (χ3v) is 4.22. The molecule has 2 aliphatic rings. The summed E-state index contributed by atoms with van der Waals surface area (Å²) in [4.78, 5) is 20.5. The number of aromatic amines is 1. The van der Waals surface area contributed by atoms with Crippen LogP contribution in [0.1, 0.15) is 21.6 Å². The molecule has 2 aliphatic heterocycles. The van der Waals surface area contributed by atoms with Gasteiger partial charge in [-0.15, -0.1) is 0 Å². The molecule has 6 nitrogen and oxygen atoms in total. The zero-order valence-electron chi connectivity index (χ0n) is 13.4. The molecule has 0 saturated carbocycles. The number of ether oxygens (including phenoxy) is 2. The fourth-order valence-corrected chi connectivity index (χ4v) is 3.09. The van der Waals surface area contributed by atoms with Crippen molar-refractivity contribution >= 4 is 11.7 Å². The fourth-order valence-electron chi connectivity index (χ4n) is 3.09. The van der Waals surface area contributed by atoms with Crippen LogP contribution in [0.5, 0.6) is 0 Å². The molecule has 3 rings (SSSR count). The summed E-state index contributed by atoms with van der Waals surface area (Å²) in [7, 11) is 0. The number of aromatic nitrogens is 1. The summed E-state index contributed by atoms with van der Waals surface area (Å²) < 4.78 is 10.8. The number of amides is 1. The van der Waals surface area contributed by atoms with Crippen molar-refractivity contribution in [3.8, 4) is 0 Å². The lowest BCUT2D eigenvalue weighted by atomic mass is 10.1. The molecule has 0 bridgehead atoms. The largest absolute Gasteiger partial charge is 0.378 e. The monoisotopic (exact) mass is 306 g/mol. The maximum Gasteiger partial charge on any atom is 0.288 e. The Morgan fingerprint density at radius 1 is 1.05 bits per heavy atom. The molecule has 1 N–H and O–H groups in total. The van der Waals surface area contributed by atoms with Crippen LogP contribution in [0.15, 0.2) is 6.07 Å². The second-order valence-corrected chi connectivity index (χ2v) is 5.86. The van der Waals surface area contributed by atoms with Crippen LogP contribution in [0.25, 0.3) is 0 Å². The lowest BCUT2D eigenvalue weighted by molar-refractivity contribution is -0.374. The van der Waals surface area contributed by atoms with Crippen LogP contribution in [0, 0.1) is 13.8 Å². The number of H-pyrrole nitrogens is 1. The highest BCUT2D eigenvalue weighted by Crippen LogP contribution is 2.22. The summed E-state index contributed by atoms with van der Waals surface area (Å²) in [5.41, 5.74) is 2.88. The second kappa shape index (κ2) is 6.62. The van der Waals surface area contributed by atoms with E-state index in [4.69, 9.17) is 9.47 Å². The summed E-state index contributed by atoms with van der Waals surface area (Å²) in [5, 5.41) is 0. The Labute approximate surface area is 131 Å². The zero-order chi connectivity index (χ0) is 15.5. The van der Waals surface area contributed by atoms with E-state index in [1.165, 1.54) is 0 Å². The number of nitrogens with one attached hydrogen (secondary N) is 1. The van der Waals surface area contributed by atoms with Crippen LogP contribution in [0.2, 0.25) is 0 Å². The number of pyridine rings is 1. The van der Waals surface area contributed by atoms with Gasteiger partial charge in [-0.2, -0.15) is 0 Å². The Morgan fingerprint density at radius 3 is 2.27 bits per heavy atom. The Kier molecular flexibility index (Phi) is 4.59. The van der Waals surface area contributed by atoms with Crippen LogP contribution in [-0.2, 0) is 9.47 Å². The van der Waals surface area contributed by atoms with E-state index >= 15 is 0 Å². The molecule has 2 saturated heterocycles. The van der Waals surface area contributed by atoms with Gasteiger partial charge in [0.15, 0.2) is 0 Å². The minimum atomic E-state index is 0.0959. The first-order valence-corrected chi connectivity index (χ1v) is 7.90. The van der Waals surface area contributed by atoms with E-state index in [1.807, 2.05) is 24.8 Å². The number of hydrogen-bond acceptors (Lipinski definition) is 4. The van der Waals surface area contributed by atoms with Crippen molar-refractivity contribution in [1.82, 2.24) is 4.90 Å². The molecular weight excluding hydrogens is 282 g/mol. The van der Waals surface area contributed by atoms with Gasteiger partial charge in [-0.25, -0.2) is 4.98 Å². The molecular formula is C16H24N3O3+. The number of carbonyl (C=O) groups is 1. The molecule has 6 heteroatoms. The predicted octanol–water partition coefficient (Wildman–Crippen LogP) is 0.427. The summed E-state index contributed by atoms with van der Waals surface area (Å²) in [5.74, 6) is 1.02. The van der Waals surface area contributed by atoms with Crippen LogP contribution >= 0.6 is 0 Å². The van der Waals surface area contributed by atoms with Gasteiger partial charge >= 0.3 is 0 Å². The molecule has 0 atom stereocenters. The summed E-state index contributed by atoms with van der Waals surface area (Å²) in [6.07, 6.45) is 0. The van der Waals surface area contributed by atoms with E-state index < -0.39 is 0 Å². The molecule has 0 spiro atoms. The standard InChI is InChI=1S/C16H23N3O3/c1-12-11-13(2)17-15(18-3-7-21-8-4-18)14(12)16(20)19-5-9-22-10-6-19/h11H,3-10H2,1-2H3/p+1. The first kappa shape index (κ1) is 15.2. The molecule has 0 radical (unpaired) electrons. The van der Waals surface area contributed by atoms with Gasteiger partial charge in [-0.05, 0) is 25.5 Å². The van der Waals surface area contributed by atoms with Crippen LogP contribution in [0.3, 0.4) is 0 Å². The van der Waals surface area contributed by atoms with E-state index in [1.54, 1.807) is 0 Å². The molecule has 120 valence electrons. The number of hydrogen-bond donors (Lipinski definition) is 0. The van der Waals surface area contributed by atoms with Gasteiger partial charge in [-0.3, -0.25) is 9.69 Å². The first-order chi connectivity index (χ1) is 10.7. The molecule has 3 heterocycles. The van der Waals surface area contributed by atoms with Gasteiger partial charge < -0.3 is 14.4 Å². The first-order valence-electron chi connectivity index (χ1n) is 7.90. The highest BCUT2D eigenvalue weighted by Gasteiger charge is 2.31. The molecule has 0 unspecified atom stereocenters. The van der Waals surface area contributed by atoms with Crippen molar-refractivity contribution in [2.24, 2.45) is 0 Å². The number of carbonyl (C=O) groups excluding carboxylic acids is 1. The number of morpholine rings is 2. The molecule has 22 heavy (non-hydrogen) atoms. The summed E-state index contributed by atoms with van der Waals surface area (Å²) >= 11 is 0. The number of aryl methyl sites for hydroxylation is 2. The van der Waals surface area contributed by atoms with Gasteiger partial charge in [0.1, 0.15) is 18.7 Å². The molecule has 2 fully saturated rings. The molecule has 1 aromatic heterocycles. The van der Waals surface area contributed by atoms with Crippen LogP contribution in [-0.4, -0.2) is 63.4 Å². The SMILES string of the molecule is Cc1cc(C)c(C(=O)N2CCOCC2)c(N2CCOCC2)[nH+]1. The van der Waals surface area contributed by atoms with Crippen LogP contribution in [0.4, 0.5) is 5.82 Å². The van der Waals surface area contributed by atoms with Crippen molar-refractivity contribution in [2.45, 2.75) is 13.8 Å². The van der Waals surface area contributed by atoms with Crippen molar-refractivity contribution in [3.05, 3.63) is 22.9 Å². The topological polar surface area (TPSA) is 56.2 Å². The van der Waals surface area contributed by atoms with E-state index in [-0.39, 0.29) is 5.91 Å². The zero-order valence-corrected chi connectivity index (χ0v) is 13.4. The van der Waals surface area contributed by atoms with Crippen molar-refractivity contribution in [1.29, 1.82) is 0 Å². The fraction of sp³-hybridized carbons (Fsp3) is 0.625. The maximum absolute atomic E-state index is 13.0. The number of anilines is 1. The average Bonchev–Trinajstić information content (AvgIpc) is 2.55. The van der Waals surface area contributed by atoms with Gasteiger partial charge in [-0.1, -0.05) is 0 Å². The third-order valence-electron chi connectivity index (χ3n) is 4.22. The normalized spacial score (nSPS) is 19.4. The van der Waals surface area contributed by atoms with Gasteiger partial charge in [0, 0.05) is 13.1 Å². The Hall–Kier alpha value is -1.66. The minimum absolute atomic E-state index is 0.0959. The van der Waals surface area contributed by atoms with E-state index in [0.29, 0.717) is 39.5 Å². The summed E-state index contributed by atoms with van der Waals surface area (Å²) in [6, 6.07) is 2.04. The van der Waals surface area contributed by atoms with Crippen LogP contribution < -0.4 is 9.88 Å². The minimum Gasteiger partial charge on any atom is -0.378 e. The Balaban J connectivity index is 1.95.